The Kier molecular flexibility index (Phi) is 5.01. The average Bonchev–Trinajstić information content (AvgIpc) is 2.48. The smallest absolute Gasteiger partial charge is 0.237 e. The number of hydrogen-bond donors (Lipinski definition) is 2. The van der Waals surface area contributed by atoms with Crippen LogP contribution in [0.3, 0.4) is 0 Å². The van der Waals surface area contributed by atoms with Crippen molar-refractivity contribution in [3.63, 3.8) is 0 Å². The topological polar surface area (TPSA) is 64.4 Å². The Hall–Kier alpha value is -1.11. The molecule has 1 aromatic carbocycles. The van der Waals surface area contributed by atoms with E-state index in [1.165, 1.54) is 0 Å². The molecule has 1 amide bonds. The third kappa shape index (κ3) is 3.13. The molecular weight excluding hydrogens is 292 g/mol. The molecule has 0 bridgehead atoms. The minimum Gasteiger partial charge on any atom is -0.392 e. The van der Waals surface area contributed by atoms with Crippen molar-refractivity contribution in [3.05, 3.63) is 24.3 Å². The van der Waals surface area contributed by atoms with Crippen LogP contribution in [0.15, 0.2) is 29.2 Å². The van der Waals surface area contributed by atoms with Gasteiger partial charge in [-0.3, -0.25) is 4.79 Å². The van der Waals surface area contributed by atoms with Gasteiger partial charge in [-0.25, -0.2) is 0 Å². The Bertz CT molecular complexity index is 514. The zero-order valence-corrected chi connectivity index (χ0v) is 13.0. The molecule has 0 atom stereocenters. The van der Waals surface area contributed by atoms with Gasteiger partial charge in [0.25, 0.3) is 0 Å². The number of nitrogens with two attached hydrogens (primary N) is 1. The molecule has 1 fully saturated rings. The van der Waals surface area contributed by atoms with E-state index in [2.05, 4.69) is 5.32 Å². The number of thioether (sulfide) groups is 1. The lowest BCUT2D eigenvalue weighted by Crippen LogP contribution is -2.49. The molecule has 108 valence electrons. The highest BCUT2D eigenvalue weighted by Crippen LogP contribution is 2.33. The van der Waals surface area contributed by atoms with E-state index < -0.39 is 5.41 Å². The zero-order chi connectivity index (χ0) is 14.6. The van der Waals surface area contributed by atoms with Gasteiger partial charge in [0.05, 0.1) is 4.99 Å². The summed E-state index contributed by atoms with van der Waals surface area (Å²) >= 11 is 6.76. The minimum absolute atomic E-state index is 0.133. The molecule has 1 aliphatic rings. The first-order valence-electron chi connectivity index (χ1n) is 6.42. The lowest BCUT2D eigenvalue weighted by atomic mass is 9.79. The van der Waals surface area contributed by atoms with Gasteiger partial charge >= 0.3 is 0 Å². The van der Waals surface area contributed by atoms with Crippen LogP contribution in [0.25, 0.3) is 0 Å². The quantitative estimate of drug-likeness (QED) is 0.660. The molecule has 0 aliphatic carbocycles. The monoisotopic (exact) mass is 310 g/mol. The number of nitrogens with one attached hydrogen (secondary N) is 1. The number of carbonyl (C=O) groups is 1. The highest BCUT2D eigenvalue weighted by atomic mass is 32.2. The second-order valence-electron chi connectivity index (χ2n) is 4.74. The zero-order valence-electron chi connectivity index (χ0n) is 11.3. The van der Waals surface area contributed by atoms with Crippen LogP contribution >= 0.6 is 24.0 Å². The van der Waals surface area contributed by atoms with Crippen LogP contribution in [0.2, 0.25) is 0 Å². The van der Waals surface area contributed by atoms with Gasteiger partial charge in [0.1, 0.15) is 5.41 Å². The van der Waals surface area contributed by atoms with Crippen LogP contribution < -0.4 is 11.1 Å². The van der Waals surface area contributed by atoms with Crippen LogP contribution in [-0.2, 0) is 9.53 Å². The van der Waals surface area contributed by atoms with E-state index in [1.54, 1.807) is 11.8 Å². The molecule has 20 heavy (non-hydrogen) atoms. The summed E-state index contributed by atoms with van der Waals surface area (Å²) in [4.78, 5) is 13.9. The molecule has 1 aliphatic heterocycles. The fourth-order valence-electron chi connectivity index (χ4n) is 2.26. The Morgan fingerprint density at radius 2 is 2.15 bits per heavy atom. The fourth-order valence-corrected chi connectivity index (χ4v) is 3.01. The Balaban J connectivity index is 2.18. The second-order valence-corrected chi connectivity index (χ2v) is 6.06. The van der Waals surface area contributed by atoms with E-state index in [0.29, 0.717) is 26.1 Å². The number of ether oxygens (including phenoxy) is 1. The van der Waals surface area contributed by atoms with Crippen LogP contribution in [0.4, 0.5) is 5.69 Å². The van der Waals surface area contributed by atoms with Crippen molar-refractivity contribution in [2.75, 3.05) is 24.8 Å². The maximum atomic E-state index is 12.6. The summed E-state index contributed by atoms with van der Waals surface area (Å²) in [6.45, 7) is 1.02. The normalized spacial score (nSPS) is 17.4. The molecule has 1 heterocycles. The standard InChI is InChI=1S/C14H18N2O2S2/c1-20-11-4-2-3-10(9-11)16-13(17)14(12(15)19)5-7-18-8-6-14/h2-4,9H,5-8H2,1H3,(H2,15,19)(H,16,17). The predicted octanol–water partition coefficient (Wildman–Crippen LogP) is 2.43. The number of rotatable bonds is 4. The number of amides is 1. The molecule has 0 spiro atoms. The molecule has 2 rings (SSSR count). The van der Waals surface area contributed by atoms with Crippen molar-refractivity contribution < 1.29 is 9.53 Å². The molecule has 1 aromatic rings. The molecule has 1 saturated heterocycles. The highest BCUT2D eigenvalue weighted by Gasteiger charge is 2.43. The first kappa shape index (κ1) is 15.3. The molecule has 3 N–H and O–H groups in total. The fraction of sp³-hybridized carbons (Fsp3) is 0.429. The molecular formula is C14H18N2O2S2. The summed E-state index contributed by atoms with van der Waals surface area (Å²) in [5.41, 5.74) is 5.80. The second kappa shape index (κ2) is 6.56. The van der Waals surface area contributed by atoms with E-state index in [9.17, 15) is 4.79 Å². The van der Waals surface area contributed by atoms with Gasteiger partial charge in [0, 0.05) is 23.8 Å². The van der Waals surface area contributed by atoms with Gasteiger partial charge in [0.15, 0.2) is 0 Å². The van der Waals surface area contributed by atoms with Crippen molar-refractivity contribution in [2.24, 2.45) is 11.1 Å². The van der Waals surface area contributed by atoms with Crippen molar-refractivity contribution in [2.45, 2.75) is 17.7 Å². The summed E-state index contributed by atoms with van der Waals surface area (Å²) in [6, 6.07) is 7.72. The number of benzene rings is 1. The van der Waals surface area contributed by atoms with Gasteiger partial charge in [-0.15, -0.1) is 11.8 Å². The van der Waals surface area contributed by atoms with Gasteiger partial charge in [0.2, 0.25) is 5.91 Å². The predicted molar refractivity (Wildman–Crippen MR) is 86.1 cm³/mol. The summed E-state index contributed by atoms with van der Waals surface area (Å²) < 4.78 is 5.31. The van der Waals surface area contributed by atoms with Crippen molar-refractivity contribution in [3.8, 4) is 0 Å². The van der Waals surface area contributed by atoms with E-state index in [-0.39, 0.29) is 10.9 Å². The van der Waals surface area contributed by atoms with Gasteiger partial charge in [-0.1, -0.05) is 18.3 Å². The molecule has 6 heteroatoms. The van der Waals surface area contributed by atoms with Crippen molar-refractivity contribution in [1.82, 2.24) is 0 Å². The molecule has 0 aromatic heterocycles. The minimum atomic E-state index is -0.789. The number of carbonyl (C=O) groups excluding carboxylic acids is 1. The number of hydrogen-bond acceptors (Lipinski definition) is 4. The average molecular weight is 310 g/mol. The molecule has 4 nitrogen and oxygen atoms in total. The summed E-state index contributed by atoms with van der Waals surface area (Å²) in [6.07, 6.45) is 3.07. The lowest BCUT2D eigenvalue weighted by Gasteiger charge is -2.34. The maximum absolute atomic E-state index is 12.6. The van der Waals surface area contributed by atoms with E-state index in [0.717, 1.165) is 10.6 Å². The molecule has 0 radical (unpaired) electrons. The maximum Gasteiger partial charge on any atom is 0.237 e. The van der Waals surface area contributed by atoms with Gasteiger partial charge in [-0.2, -0.15) is 0 Å². The molecule has 0 unspecified atom stereocenters. The van der Waals surface area contributed by atoms with E-state index >= 15 is 0 Å². The van der Waals surface area contributed by atoms with Crippen molar-refractivity contribution >= 4 is 40.6 Å². The van der Waals surface area contributed by atoms with Gasteiger partial charge < -0.3 is 15.8 Å². The Labute approximate surface area is 128 Å². The van der Waals surface area contributed by atoms with Crippen LogP contribution in [0, 0.1) is 5.41 Å². The number of thiocarbonyl (C=S) groups is 1. The summed E-state index contributed by atoms with van der Waals surface area (Å²) in [5, 5.41) is 2.93. The summed E-state index contributed by atoms with van der Waals surface area (Å²) in [5.74, 6) is -0.133. The van der Waals surface area contributed by atoms with E-state index in [4.69, 9.17) is 22.7 Å². The lowest BCUT2D eigenvalue weighted by molar-refractivity contribution is -0.126. The van der Waals surface area contributed by atoms with Crippen LogP contribution in [0.5, 0.6) is 0 Å². The highest BCUT2D eigenvalue weighted by molar-refractivity contribution is 7.98. The Morgan fingerprint density at radius 3 is 2.75 bits per heavy atom. The third-order valence-electron chi connectivity index (χ3n) is 3.58. The largest absolute Gasteiger partial charge is 0.392 e. The molecule has 0 saturated carbocycles. The van der Waals surface area contributed by atoms with Gasteiger partial charge in [-0.05, 0) is 37.3 Å². The third-order valence-corrected chi connectivity index (χ3v) is 4.70. The Morgan fingerprint density at radius 1 is 1.45 bits per heavy atom. The van der Waals surface area contributed by atoms with Crippen molar-refractivity contribution in [1.29, 1.82) is 0 Å². The van der Waals surface area contributed by atoms with Crippen LogP contribution in [0.1, 0.15) is 12.8 Å². The summed E-state index contributed by atoms with van der Waals surface area (Å²) in [7, 11) is 0. The number of anilines is 1. The first-order valence-corrected chi connectivity index (χ1v) is 8.05. The first-order chi connectivity index (χ1) is 9.58. The van der Waals surface area contributed by atoms with E-state index in [1.807, 2.05) is 30.5 Å². The van der Waals surface area contributed by atoms with Crippen LogP contribution in [-0.4, -0.2) is 30.4 Å². The SMILES string of the molecule is CSc1cccc(NC(=O)C2(C(N)=S)CCOCC2)c1.